The van der Waals surface area contributed by atoms with Crippen LogP contribution in [-0.4, -0.2) is 75.5 Å². The number of carbonyl (C=O) groups excluding carboxylic acids is 1. The van der Waals surface area contributed by atoms with Gasteiger partial charge < -0.3 is 14.4 Å². The summed E-state index contributed by atoms with van der Waals surface area (Å²) in [6, 6.07) is 6.42. The third-order valence-electron chi connectivity index (χ3n) is 4.58. The molecule has 0 unspecified atom stereocenters. The van der Waals surface area contributed by atoms with Gasteiger partial charge in [0.05, 0.1) is 20.3 Å². The average molecular weight is 369 g/mol. The Morgan fingerprint density at radius 1 is 1.08 bits per heavy atom. The summed E-state index contributed by atoms with van der Waals surface area (Å²) in [7, 11) is -2.08. The number of methoxy groups -OCH3 is 1. The van der Waals surface area contributed by atoms with Gasteiger partial charge in [0, 0.05) is 31.9 Å². The summed E-state index contributed by atoms with van der Waals surface area (Å²) in [5.74, 6) is 0.478. The number of anilines is 1. The maximum Gasteiger partial charge on any atom is 0.282 e. The summed E-state index contributed by atoms with van der Waals surface area (Å²) in [6.07, 6.45) is 0. The van der Waals surface area contributed by atoms with Crippen molar-refractivity contribution in [3.63, 3.8) is 0 Å². The van der Waals surface area contributed by atoms with E-state index in [0.717, 1.165) is 5.69 Å². The van der Waals surface area contributed by atoms with Crippen LogP contribution in [0.4, 0.5) is 5.69 Å². The van der Waals surface area contributed by atoms with E-state index in [1.807, 2.05) is 0 Å². The highest BCUT2D eigenvalue weighted by Gasteiger charge is 2.41. The highest BCUT2D eigenvalue weighted by molar-refractivity contribution is 7.86. The molecule has 0 spiro atoms. The molecule has 1 atom stereocenters. The average Bonchev–Trinajstić information content (AvgIpc) is 2.64. The second kappa shape index (κ2) is 7.28. The van der Waals surface area contributed by atoms with Crippen molar-refractivity contribution in [2.24, 2.45) is 0 Å². The van der Waals surface area contributed by atoms with E-state index in [0.29, 0.717) is 38.6 Å². The van der Waals surface area contributed by atoms with Gasteiger partial charge in [-0.15, -0.1) is 0 Å². The zero-order valence-electron chi connectivity index (χ0n) is 14.4. The molecule has 1 aromatic rings. The Hall–Kier alpha value is -1.68. The van der Waals surface area contributed by atoms with Crippen LogP contribution in [0.25, 0.3) is 0 Å². The molecule has 0 radical (unpaired) electrons. The van der Waals surface area contributed by atoms with Crippen LogP contribution >= 0.6 is 0 Å². The van der Waals surface area contributed by atoms with E-state index in [2.05, 4.69) is 0 Å². The van der Waals surface area contributed by atoms with Crippen LogP contribution in [0.2, 0.25) is 0 Å². The summed E-state index contributed by atoms with van der Waals surface area (Å²) in [5.41, 5.74) is 0.737. The zero-order valence-corrected chi connectivity index (χ0v) is 15.2. The molecule has 138 valence electrons. The van der Waals surface area contributed by atoms with Crippen LogP contribution in [0.1, 0.15) is 6.92 Å². The van der Waals surface area contributed by atoms with Crippen LogP contribution in [0.3, 0.4) is 0 Å². The molecule has 3 rings (SSSR count). The van der Waals surface area contributed by atoms with E-state index < -0.39 is 16.3 Å². The molecule has 2 aliphatic heterocycles. The van der Waals surface area contributed by atoms with Crippen molar-refractivity contribution in [2.75, 3.05) is 51.4 Å². The third kappa shape index (κ3) is 3.50. The molecule has 1 aromatic carbocycles. The predicted molar refractivity (Wildman–Crippen MR) is 92.8 cm³/mol. The number of hydrogen-bond acceptors (Lipinski definition) is 5. The van der Waals surface area contributed by atoms with E-state index in [4.69, 9.17) is 9.47 Å². The molecule has 2 heterocycles. The number of rotatable bonds is 4. The Balaban J connectivity index is 1.76. The maximum absolute atomic E-state index is 12.8. The quantitative estimate of drug-likeness (QED) is 0.763. The molecule has 8 nitrogen and oxygen atoms in total. The fourth-order valence-corrected chi connectivity index (χ4v) is 4.82. The number of morpholine rings is 1. The van der Waals surface area contributed by atoms with Crippen LogP contribution in [-0.2, 0) is 19.7 Å². The van der Waals surface area contributed by atoms with Gasteiger partial charge in [-0.2, -0.15) is 17.0 Å². The monoisotopic (exact) mass is 369 g/mol. The standard InChI is InChI=1S/C16H23N3O5S/c1-13-16(20)18(14-3-5-15(23-2)6-4-14)7-8-19(13)25(21,22)17-9-11-24-12-10-17/h3-6,13H,7-12H2,1-2H3/t13-/m1/s1. The van der Waals surface area contributed by atoms with Gasteiger partial charge in [0.2, 0.25) is 5.91 Å². The normalized spacial score (nSPS) is 23.7. The molecule has 0 saturated carbocycles. The second-order valence-electron chi connectivity index (χ2n) is 5.99. The van der Waals surface area contributed by atoms with Crippen LogP contribution in [0.5, 0.6) is 5.75 Å². The van der Waals surface area contributed by atoms with Crippen LogP contribution in [0, 0.1) is 0 Å². The number of nitrogens with zero attached hydrogens (tertiary/aromatic N) is 3. The Labute approximate surface area is 148 Å². The molecular weight excluding hydrogens is 346 g/mol. The van der Waals surface area contributed by atoms with Crippen molar-refractivity contribution >= 4 is 21.8 Å². The predicted octanol–water partition coefficient (Wildman–Crippen LogP) is 0.309. The molecule has 1 amide bonds. The number of ether oxygens (including phenoxy) is 2. The minimum atomic E-state index is -3.66. The molecule has 0 bridgehead atoms. The van der Waals surface area contributed by atoms with Gasteiger partial charge in [0.1, 0.15) is 11.8 Å². The lowest BCUT2D eigenvalue weighted by atomic mass is 10.2. The summed E-state index contributed by atoms with van der Waals surface area (Å²) in [6.45, 7) is 3.62. The topological polar surface area (TPSA) is 79.4 Å². The lowest BCUT2D eigenvalue weighted by molar-refractivity contribution is -0.123. The van der Waals surface area contributed by atoms with Crippen molar-refractivity contribution < 1.29 is 22.7 Å². The van der Waals surface area contributed by atoms with Gasteiger partial charge >= 0.3 is 0 Å². The fraction of sp³-hybridized carbons (Fsp3) is 0.562. The highest BCUT2D eigenvalue weighted by Crippen LogP contribution is 2.25. The number of amides is 1. The number of benzene rings is 1. The Morgan fingerprint density at radius 3 is 2.32 bits per heavy atom. The van der Waals surface area contributed by atoms with Crippen LogP contribution < -0.4 is 9.64 Å². The Bertz CT molecular complexity index is 716. The fourth-order valence-electron chi connectivity index (χ4n) is 3.11. The number of hydrogen-bond donors (Lipinski definition) is 0. The zero-order chi connectivity index (χ0) is 18.0. The molecule has 2 fully saturated rings. The molecule has 0 aromatic heterocycles. The summed E-state index contributed by atoms with van der Waals surface area (Å²) in [5, 5.41) is 0. The highest BCUT2D eigenvalue weighted by atomic mass is 32.2. The Kier molecular flexibility index (Phi) is 5.28. The lowest BCUT2D eigenvalue weighted by Crippen LogP contribution is -2.61. The first-order valence-electron chi connectivity index (χ1n) is 8.25. The number of carbonyl (C=O) groups is 1. The molecule has 25 heavy (non-hydrogen) atoms. The largest absolute Gasteiger partial charge is 0.497 e. The summed E-state index contributed by atoms with van der Waals surface area (Å²) in [4.78, 5) is 14.4. The van der Waals surface area contributed by atoms with Crippen molar-refractivity contribution in [3.8, 4) is 5.75 Å². The SMILES string of the molecule is COc1ccc(N2CCN(S(=O)(=O)N3CCOCC3)[C@H](C)C2=O)cc1. The smallest absolute Gasteiger partial charge is 0.282 e. The van der Waals surface area contributed by atoms with E-state index in [1.54, 1.807) is 43.2 Å². The summed E-state index contributed by atoms with van der Waals surface area (Å²) >= 11 is 0. The van der Waals surface area contributed by atoms with E-state index in [-0.39, 0.29) is 12.5 Å². The minimum absolute atomic E-state index is 0.228. The molecule has 2 aliphatic rings. The molecule has 0 aliphatic carbocycles. The van der Waals surface area contributed by atoms with E-state index in [9.17, 15) is 13.2 Å². The van der Waals surface area contributed by atoms with E-state index in [1.165, 1.54) is 8.61 Å². The second-order valence-corrected chi connectivity index (χ2v) is 7.87. The first kappa shape index (κ1) is 18.1. The first-order valence-corrected chi connectivity index (χ1v) is 9.65. The van der Waals surface area contributed by atoms with E-state index >= 15 is 0 Å². The molecule has 2 saturated heterocycles. The third-order valence-corrected chi connectivity index (χ3v) is 6.69. The van der Waals surface area contributed by atoms with Gasteiger partial charge in [-0.1, -0.05) is 0 Å². The van der Waals surface area contributed by atoms with Crippen molar-refractivity contribution in [3.05, 3.63) is 24.3 Å². The Morgan fingerprint density at radius 2 is 1.72 bits per heavy atom. The molecule has 9 heteroatoms. The van der Waals surface area contributed by atoms with Crippen molar-refractivity contribution in [1.29, 1.82) is 0 Å². The van der Waals surface area contributed by atoms with Gasteiger partial charge in [0.15, 0.2) is 0 Å². The molecule has 0 N–H and O–H groups in total. The van der Waals surface area contributed by atoms with Gasteiger partial charge in [0.25, 0.3) is 10.2 Å². The van der Waals surface area contributed by atoms with Crippen LogP contribution in [0.15, 0.2) is 24.3 Å². The van der Waals surface area contributed by atoms with Gasteiger partial charge in [-0.3, -0.25) is 4.79 Å². The van der Waals surface area contributed by atoms with Gasteiger partial charge in [-0.05, 0) is 31.2 Å². The lowest BCUT2D eigenvalue weighted by Gasteiger charge is -2.40. The van der Waals surface area contributed by atoms with Crippen molar-refractivity contribution in [1.82, 2.24) is 8.61 Å². The van der Waals surface area contributed by atoms with Crippen molar-refractivity contribution in [2.45, 2.75) is 13.0 Å². The number of piperazine rings is 1. The summed E-state index contributed by atoms with van der Waals surface area (Å²) < 4.78 is 38.7. The molecular formula is C16H23N3O5S. The minimum Gasteiger partial charge on any atom is -0.497 e. The van der Waals surface area contributed by atoms with Gasteiger partial charge in [-0.25, -0.2) is 0 Å². The maximum atomic E-state index is 12.8. The first-order chi connectivity index (χ1) is 11.9.